The van der Waals surface area contributed by atoms with Gasteiger partial charge in [0.2, 0.25) is 0 Å². The molecule has 2 amide bonds. The molecule has 0 atom stereocenters. The molecule has 0 spiro atoms. The van der Waals surface area contributed by atoms with Crippen molar-refractivity contribution in [3.05, 3.63) is 80.7 Å². The van der Waals surface area contributed by atoms with Crippen LogP contribution in [0.2, 0.25) is 5.02 Å². The molecule has 3 aromatic rings. The number of rotatable bonds is 8. The van der Waals surface area contributed by atoms with Crippen molar-refractivity contribution in [1.82, 2.24) is 5.32 Å². The van der Waals surface area contributed by atoms with Crippen molar-refractivity contribution in [2.45, 2.75) is 19.9 Å². The number of carbonyl (C=O) groups is 3. The molecule has 1 aromatic heterocycles. The Bertz CT molecular complexity index is 1160. The SMILES string of the molecule is CCc1cc(C(=O)NCc2ccc(OC)c(Cl)c2)c(NC(=O)c2ccc(C(=O)O)cc2)s1. The van der Waals surface area contributed by atoms with Crippen molar-refractivity contribution in [3.8, 4) is 5.75 Å². The Morgan fingerprint density at radius 1 is 1.03 bits per heavy atom. The molecule has 32 heavy (non-hydrogen) atoms. The van der Waals surface area contributed by atoms with E-state index in [4.69, 9.17) is 21.4 Å². The number of halogens is 1. The topological polar surface area (TPSA) is 105 Å². The first-order valence-corrected chi connectivity index (χ1v) is 10.9. The van der Waals surface area contributed by atoms with Gasteiger partial charge in [-0.15, -0.1) is 11.3 Å². The van der Waals surface area contributed by atoms with E-state index < -0.39 is 11.9 Å². The van der Waals surface area contributed by atoms with Crippen LogP contribution in [0.15, 0.2) is 48.5 Å². The van der Waals surface area contributed by atoms with E-state index in [0.29, 0.717) is 33.3 Å². The number of ether oxygens (including phenoxy) is 1. The molecule has 0 aliphatic rings. The summed E-state index contributed by atoms with van der Waals surface area (Å²) in [6, 6.07) is 12.6. The van der Waals surface area contributed by atoms with Crippen molar-refractivity contribution in [2.24, 2.45) is 0 Å². The summed E-state index contributed by atoms with van der Waals surface area (Å²) < 4.78 is 5.13. The highest BCUT2D eigenvalue weighted by molar-refractivity contribution is 7.16. The van der Waals surface area contributed by atoms with Gasteiger partial charge in [0, 0.05) is 17.0 Å². The van der Waals surface area contributed by atoms with Gasteiger partial charge < -0.3 is 20.5 Å². The predicted octanol–water partition coefficient (Wildman–Crippen LogP) is 4.85. The highest BCUT2D eigenvalue weighted by atomic mass is 35.5. The molecule has 3 rings (SSSR count). The van der Waals surface area contributed by atoms with Crippen molar-refractivity contribution in [1.29, 1.82) is 0 Å². The number of thiophene rings is 1. The van der Waals surface area contributed by atoms with E-state index in [1.807, 2.05) is 6.92 Å². The number of aromatic carboxylic acids is 1. The van der Waals surface area contributed by atoms with E-state index in [1.54, 1.807) is 24.3 Å². The minimum Gasteiger partial charge on any atom is -0.495 e. The first-order chi connectivity index (χ1) is 15.3. The highest BCUT2D eigenvalue weighted by Gasteiger charge is 2.19. The maximum absolute atomic E-state index is 12.8. The molecule has 9 heteroatoms. The summed E-state index contributed by atoms with van der Waals surface area (Å²) in [7, 11) is 1.53. The third-order valence-corrected chi connectivity index (χ3v) is 6.16. The fraction of sp³-hybridized carbons (Fsp3) is 0.174. The number of nitrogens with one attached hydrogen (secondary N) is 2. The maximum atomic E-state index is 12.8. The van der Waals surface area contributed by atoms with Gasteiger partial charge in [-0.1, -0.05) is 24.6 Å². The van der Waals surface area contributed by atoms with Gasteiger partial charge in [0.15, 0.2) is 0 Å². The van der Waals surface area contributed by atoms with E-state index in [-0.39, 0.29) is 18.0 Å². The zero-order valence-corrected chi connectivity index (χ0v) is 19.0. The van der Waals surface area contributed by atoms with Crippen LogP contribution in [0.25, 0.3) is 0 Å². The Kier molecular flexibility index (Phi) is 7.50. The van der Waals surface area contributed by atoms with Crippen LogP contribution in [0, 0.1) is 0 Å². The number of methoxy groups -OCH3 is 1. The molecule has 0 bridgehead atoms. The summed E-state index contributed by atoms with van der Waals surface area (Å²) in [4.78, 5) is 37.4. The zero-order valence-electron chi connectivity index (χ0n) is 17.4. The molecular weight excluding hydrogens is 452 g/mol. The Morgan fingerprint density at radius 3 is 2.31 bits per heavy atom. The Labute approximate surface area is 194 Å². The fourth-order valence-electron chi connectivity index (χ4n) is 2.91. The number of carbonyl (C=O) groups excluding carboxylic acids is 2. The van der Waals surface area contributed by atoms with Crippen molar-refractivity contribution >= 4 is 45.7 Å². The monoisotopic (exact) mass is 472 g/mol. The van der Waals surface area contributed by atoms with Gasteiger partial charge in [-0.05, 0) is 54.4 Å². The van der Waals surface area contributed by atoms with Gasteiger partial charge in [0.1, 0.15) is 10.8 Å². The predicted molar refractivity (Wildman–Crippen MR) is 124 cm³/mol. The molecule has 2 aromatic carbocycles. The third-order valence-electron chi connectivity index (χ3n) is 4.67. The first-order valence-electron chi connectivity index (χ1n) is 9.70. The smallest absolute Gasteiger partial charge is 0.335 e. The van der Waals surface area contributed by atoms with E-state index in [9.17, 15) is 14.4 Å². The van der Waals surface area contributed by atoms with Gasteiger partial charge in [-0.25, -0.2) is 4.79 Å². The average molecular weight is 473 g/mol. The molecule has 166 valence electrons. The summed E-state index contributed by atoms with van der Waals surface area (Å²) in [5.74, 6) is -1.28. The molecule has 0 aliphatic carbocycles. The molecule has 0 fully saturated rings. The lowest BCUT2D eigenvalue weighted by Gasteiger charge is -2.09. The normalized spacial score (nSPS) is 10.5. The summed E-state index contributed by atoms with van der Waals surface area (Å²) in [5, 5.41) is 15.5. The lowest BCUT2D eigenvalue weighted by molar-refractivity contribution is 0.0696. The van der Waals surface area contributed by atoms with E-state index in [0.717, 1.165) is 10.4 Å². The van der Waals surface area contributed by atoms with Crippen LogP contribution in [0.3, 0.4) is 0 Å². The molecule has 7 nitrogen and oxygen atoms in total. The largest absolute Gasteiger partial charge is 0.495 e. The molecule has 0 aliphatic heterocycles. The van der Waals surface area contributed by atoms with Gasteiger partial charge in [0.05, 0.1) is 23.3 Å². The number of carboxylic acids is 1. The van der Waals surface area contributed by atoms with Crippen LogP contribution in [-0.4, -0.2) is 30.0 Å². The second-order valence-electron chi connectivity index (χ2n) is 6.80. The zero-order chi connectivity index (χ0) is 23.3. The lowest BCUT2D eigenvalue weighted by atomic mass is 10.1. The standard InChI is InChI=1S/C23H21ClN2O5S/c1-3-16-11-17(21(28)25-12-13-4-9-19(31-2)18(24)10-13)22(32-16)26-20(27)14-5-7-15(8-6-14)23(29)30/h4-11H,3,12H2,1-2H3,(H,25,28)(H,26,27)(H,29,30). The number of aryl methyl sites for hydroxylation is 1. The molecule has 0 unspecified atom stereocenters. The maximum Gasteiger partial charge on any atom is 0.335 e. The molecule has 0 saturated carbocycles. The van der Waals surface area contributed by atoms with Crippen molar-refractivity contribution < 1.29 is 24.2 Å². The second kappa shape index (κ2) is 10.3. The second-order valence-corrected chi connectivity index (χ2v) is 8.34. The third kappa shape index (κ3) is 5.46. The quantitative estimate of drug-likeness (QED) is 0.434. The molecule has 1 heterocycles. The summed E-state index contributed by atoms with van der Waals surface area (Å²) in [6.45, 7) is 2.22. The van der Waals surface area contributed by atoms with Crippen molar-refractivity contribution in [3.63, 3.8) is 0 Å². The van der Waals surface area contributed by atoms with Crippen LogP contribution >= 0.6 is 22.9 Å². The molecule has 3 N–H and O–H groups in total. The summed E-state index contributed by atoms with van der Waals surface area (Å²) in [6.07, 6.45) is 0.711. The highest BCUT2D eigenvalue weighted by Crippen LogP contribution is 2.30. The van der Waals surface area contributed by atoms with Gasteiger partial charge in [0.25, 0.3) is 11.8 Å². The van der Waals surface area contributed by atoms with Crippen LogP contribution in [0.1, 0.15) is 48.4 Å². The lowest BCUT2D eigenvalue weighted by Crippen LogP contribution is -2.24. The van der Waals surface area contributed by atoms with Crippen LogP contribution in [0.5, 0.6) is 5.75 Å². The first kappa shape index (κ1) is 23.3. The van der Waals surface area contributed by atoms with Crippen LogP contribution in [-0.2, 0) is 13.0 Å². The minimum absolute atomic E-state index is 0.0876. The number of hydrogen-bond acceptors (Lipinski definition) is 5. The number of carboxylic acid groups (broad SMARTS) is 1. The fourth-order valence-corrected chi connectivity index (χ4v) is 4.18. The Hall–Kier alpha value is -3.36. The van der Waals surface area contributed by atoms with E-state index >= 15 is 0 Å². The van der Waals surface area contributed by atoms with Gasteiger partial charge in [-0.3, -0.25) is 9.59 Å². The van der Waals surface area contributed by atoms with Gasteiger partial charge >= 0.3 is 5.97 Å². The number of anilines is 1. The minimum atomic E-state index is -1.07. The number of benzene rings is 2. The summed E-state index contributed by atoms with van der Waals surface area (Å²) in [5.41, 5.74) is 1.55. The van der Waals surface area contributed by atoms with Gasteiger partial charge in [-0.2, -0.15) is 0 Å². The number of hydrogen-bond donors (Lipinski definition) is 3. The molecule has 0 saturated heterocycles. The Morgan fingerprint density at radius 2 is 1.72 bits per heavy atom. The van der Waals surface area contributed by atoms with Crippen molar-refractivity contribution in [2.75, 3.05) is 12.4 Å². The van der Waals surface area contributed by atoms with Crippen LogP contribution in [0.4, 0.5) is 5.00 Å². The Balaban J connectivity index is 1.73. The molecular formula is C23H21ClN2O5S. The average Bonchev–Trinajstić information content (AvgIpc) is 3.20. The summed E-state index contributed by atoms with van der Waals surface area (Å²) >= 11 is 7.46. The van der Waals surface area contributed by atoms with E-state index in [1.165, 1.54) is 42.7 Å². The number of amides is 2. The van der Waals surface area contributed by atoms with Crippen LogP contribution < -0.4 is 15.4 Å². The van der Waals surface area contributed by atoms with E-state index in [2.05, 4.69) is 10.6 Å². The molecule has 0 radical (unpaired) electrons.